The minimum atomic E-state index is 0.340. The molecule has 2 aromatic rings. The Hall–Kier alpha value is -1.68. The maximum absolute atomic E-state index is 4.68. The van der Waals surface area contributed by atoms with Crippen molar-refractivity contribution in [1.29, 1.82) is 0 Å². The number of hydrogen-bond acceptors (Lipinski definition) is 4. The first kappa shape index (κ1) is 11.8. The zero-order valence-corrected chi connectivity index (χ0v) is 10.2. The van der Waals surface area contributed by atoms with Crippen LogP contribution in [0.5, 0.6) is 0 Å². The van der Waals surface area contributed by atoms with E-state index in [1.165, 1.54) is 5.56 Å². The Kier molecular flexibility index (Phi) is 3.88. The van der Waals surface area contributed by atoms with Gasteiger partial charge in [0.05, 0.1) is 0 Å². The van der Waals surface area contributed by atoms with Crippen LogP contribution >= 0.6 is 0 Å². The van der Waals surface area contributed by atoms with Gasteiger partial charge in [0.2, 0.25) is 0 Å². The number of aromatic nitrogens is 2. The van der Waals surface area contributed by atoms with Crippen molar-refractivity contribution in [3.63, 3.8) is 0 Å². The van der Waals surface area contributed by atoms with Crippen LogP contribution in [-0.4, -0.2) is 10.3 Å². The van der Waals surface area contributed by atoms with Gasteiger partial charge in [0.15, 0.2) is 0 Å². The third-order valence-corrected chi connectivity index (χ3v) is 2.87. The van der Waals surface area contributed by atoms with E-state index in [9.17, 15) is 0 Å². The summed E-state index contributed by atoms with van der Waals surface area (Å²) < 4.78 is 4.68. The minimum Gasteiger partial charge on any atom is -0.304 e. The number of nitrogens with zero attached hydrogens (tertiary/aromatic N) is 2. The van der Waals surface area contributed by atoms with Crippen LogP contribution in [0.15, 0.2) is 35.0 Å². The normalized spacial score (nSPS) is 12.6. The molecule has 1 aromatic heterocycles. The molecule has 0 saturated carbocycles. The summed E-state index contributed by atoms with van der Waals surface area (Å²) in [6.07, 6.45) is 1.04. The average molecular weight is 231 g/mol. The number of nitrogens with one attached hydrogen (secondary N) is 1. The van der Waals surface area contributed by atoms with E-state index in [0.717, 1.165) is 17.8 Å². The smallest absolute Gasteiger partial charge is 0.121 e. The van der Waals surface area contributed by atoms with E-state index in [4.69, 9.17) is 0 Å². The van der Waals surface area contributed by atoms with Gasteiger partial charge in [-0.25, -0.2) is 4.63 Å². The van der Waals surface area contributed by atoms with Crippen LogP contribution in [0.1, 0.15) is 36.3 Å². The molecule has 0 bridgehead atoms. The van der Waals surface area contributed by atoms with E-state index >= 15 is 0 Å². The first-order valence-corrected chi connectivity index (χ1v) is 5.87. The summed E-state index contributed by atoms with van der Waals surface area (Å²) in [4.78, 5) is 0. The second-order valence-corrected chi connectivity index (χ2v) is 4.05. The van der Waals surface area contributed by atoms with E-state index in [-0.39, 0.29) is 0 Å². The summed E-state index contributed by atoms with van der Waals surface area (Å²) in [5.74, 6) is 0. The summed E-state index contributed by atoms with van der Waals surface area (Å²) in [6, 6.07) is 10.8. The molecule has 0 saturated heterocycles. The minimum absolute atomic E-state index is 0.340. The molecule has 1 atom stereocenters. The third-order valence-electron chi connectivity index (χ3n) is 2.87. The van der Waals surface area contributed by atoms with E-state index < -0.39 is 0 Å². The molecule has 0 amide bonds. The molecule has 0 spiro atoms. The Morgan fingerprint density at radius 1 is 1.24 bits per heavy atom. The fourth-order valence-corrected chi connectivity index (χ4v) is 1.81. The number of aryl methyl sites for hydroxylation is 1. The van der Waals surface area contributed by atoms with Gasteiger partial charge in [-0.3, -0.25) is 0 Å². The highest BCUT2D eigenvalue weighted by Gasteiger charge is 2.10. The molecule has 17 heavy (non-hydrogen) atoms. The molecule has 0 aliphatic carbocycles. The molecule has 0 aliphatic rings. The van der Waals surface area contributed by atoms with Crippen molar-refractivity contribution < 1.29 is 4.63 Å². The van der Waals surface area contributed by atoms with Crippen molar-refractivity contribution in [2.45, 2.75) is 32.9 Å². The van der Waals surface area contributed by atoms with E-state index in [1.54, 1.807) is 0 Å². The number of hydrogen-bond donors (Lipinski definition) is 1. The summed E-state index contributed by atoms with van der Waals surface area (Å²) in [7, 11) is 0. The van der Waals surface area contributed by atoms with Crippen molar-refractivity contribution in [2.75, 3.05) is 0 Å². The van der Waals surface area contributed by atoms with Crippen molar-refractivity contribution in [3.05, 3.63) is 47.3 Å². The fourth-order valence-electron chi connectivity index (χ4n) is 1.81. The molecule has 1 N–H and O–H groups in total. The van der Waals surface area contributed by atoms with Crippen molar-refractivity contribution in [2.24, 2.45) is 0 Å². The molecule has 4 nitrogen and oxygen atoms in total. The monoisotopic (exact) mass is 231 g/mol. The van der Waals surface area contributed by atoms with Crippen LogP contribution in [0.25, 0.3) is 0 Å². The number of rotatable bonds is 5. The van der Waals surface area contributed by atoms with E-state index in [2.05, 4.69) is 51.4 Å². The lowest BCUT2D eigenvalue weighted by atomic mass is 10.0. The van der Waals surface area contributed by atoms with Crippen LogP contribution in [0.4, 0.5) is 0 Å². The molecule has 2 rings (SSSR count). The van der Waals surface area contributed by atoms with E-state index in [0.29, 0.717) is 12.6 Å². The van der Waals surface area contributed by atoms with Crippen LogP contribution in [0.3, 0.4) is 0 Å². The molecule has 1 unspecified atom stereocenters. The molecule has 1 heterocycles. The molecule has 0 fully saturated rings. The SMILES string of the molecule is CCC(NCc1nonc1C)c1ccccc1. The maximum Gasteiger partial charge on any atom is 0.121 e. The second kappa shape index (κ2) is 5.59. The van der Waals surface area contributed by atoms with Gasteiger partial charge >= 0.3 is 0 Å². The predicted octanol–water partition coefficient (Wildman–Crippen LogP) is 2.62. The molecule has 0 aliphatic heterocycles. The molecule has 90 valence electrons. The lowest BCUT2D eigenvalue weighted by Gasteiger charge is -2.16. The van der Waals surface area contributed by atoms with Crippen LogP contribution < -0.4 is 5.32 Å². The molecular weight excluding hydrogens is 214 g/mol. The summed E-state index contributed by atoms with van der Waals surface area (Å²) in [5.41, 5.74) is 3.02. The van der Waals surface area contributed by atoms with Crippen LogP contribution in [0, 0.1) is 6.92 Å². The summed E-state index contributed by atoms with van der Waals surface area (Å²) in [5, 5.41) is 11.1. The van der Waals surface area contributed by atoms with E-state index in [1.807, 2.05) is 13.0 Å². The zero-order chi connectivity index (χ0) is 12.1. The third kappa shape index (κ3) is 2.91. The Morgan fingerprint density at radius 2 is 2.00 bits per heavy atom. The highest BCUT2D eigenvalue weighted by atomic mass is 16.6. The lowest BCUT2D eigenvalue weighted by Crippen LogP contribution is -2.20. The molecule has 4 heteroatoms. The Balaban J connectivity index is 1.99. The molecule has 0 radical (unpaired) electrons. The molecule has 1 aromatic carbocycles. The lowest BCUT2D eigenvalue weighted by molar-refractivity contribution is 0.299. The summed E-state index contributed by atoms with van der Waals surface area (Å²) in [6.45, 7) is 4.75. The Labute approximate surface area is 101 Å². The van der Waals surface area contributed by atoms with Gasteiger partial charge in [-0.1, -0.05) is 47.6 Å². The van der Waals surface area contributed by atoms with Gasteiger partial charge in [0, 0.05) is 12.6 Å². The second-order valence-electron chi connectivity index (χ2n) is 4.05. The predicted molar refractivity (Wildman–Crippen MR) is 65.3 cm³/mol. The first-order chi connectivity index (χ1) is 8.31. The van der Waals surface area contributed by atoms with Crippen molar-refractivity contribution in [1.82, 2.24) is 15.6 Å². The number of benzene rings is 1. The van der Waals surface area contributed by atoms with Crippen LogP contribution in [-0.2, 0) is 6.54 Å². The van der Waals surface area contributed by atoms with Crippen molar-refractivity contribution >= 4 is 0 Å². The standard InChI is InChI=1S/C13H17N3O/c1-3-12(11-7-5-4-6-8-11)14-9-13-10(2)15-17-16-13/h4-8,12,14H,3,9H2,1-2H3. The zero-order valence-electron chi connectivity index (χ0n) is 10.2. The van der Waals surface area contributed by atoms with Gasteiger partial charge < -0.3 is 5.32 Å². The fraction of sp³-hybridized carbons (Fsp3) is 0.385. The van der Waals surface area contributed by atoms with Crippen molar-refractivity contribution in [3.8, 4) is 0 Å². The first-order valence-electron chi connectivity index (χ1n) is 5.87. The quantitative estimate of drug-likeness (QED) is 0.859. The van der Waals surface area contributed by atoms with Gasteiger partial charge in [0.25, 0.3) is 0 Å². The highest BCUT2D eigenvalue weighted by Crippen LogP contribution is 2.16. The van der Waals surface area contributed by atoms with Crippen LogP contribution in [0.2, 0.25) is 0 Å². The van der Waals surface area contributed by atoms with Gasteiger partial charge in [-0.05, 0) is 18.9 Å². The average Bonchev–Trinajstić information content (AvgIpc) is 2.77. The molecular formula is C13H17N3O. The maximum atomic E-state index is 4.68. The van der Waals surface area contributed by atoms with Gasteiger partial charge in [-0.2, -0.15) is 0 Å². The Morgan fingerprint density at radius 3 is 2.59 bits per heavy atom. The topological polar surface area (TPSA) is 51.0 Å². The summed E-state index contributed by atoms with van der Waals surface area (Å²) >= 11 is 0. The Bertz CT molecular complexity index is 453. The van der Waals surface area contributed by atoms with Gasteiger partial charge in [-0.15, -0.1) is 0 Å². The largest absolute Gasteiger partial charge is 0.304 e. The van der Waals surface area contributed by atoms with Gasteiger partial charge in [0.1, 0.15) is 11.4 Å². The highest BCUT2D eigenvalue weighted by molar-refractivity contribution is 5.19.